The van der Waals surface area contributed by atoms with Gasteiger partial charge >= 0.3 is 24.7 Å². The fraction of sp³-hybridized carbons (Fsp3) is 0.0727. The topological polar surface area (TPSA) is 43.6 Å². The molecule has 366 valence electrons. The predicted octanol–water partition coefficient (Wildman–Crippen LogP) is 17.3. The van der Waals surface area contributed by atoms with Crippen molar-refractivity contribution < 1.29 is 61.5 Å². The second kappa shape index (κ2) is 17.7. The Morgan fingerprint density at radius 2 is 0.699 bits per heavy atom. The van der Waals surface area contributed by atoms with Crippen LogP contribution in [-0.4, -0.2) is 19.5 Å². The maximum Gasteiger partial charge on any atom is 0.416 e. The van der Waals surface area contributed by atoms with Crippen LogP contribution in [0.3, 0.4) is 0 Å². The molecular formula is C55H28F14N4. The van der Waals surface area contributed by atoms with Crippen molar-refractivity contribution in [2.45, 2.75) is 24.7 Å². The van der Waals surface area contributed by atoms with Crippen molar-refractivity contribution in [3.8, 4) is 73.2 Å². The Hall–Kier alpha value is -8.41. The summed E-state index contributed by atoms with van der Waals surface area (Å²) < 4.78 is 203. The van der Waals surface area contributed by atoms with Crippen LogP contribution in [0.1, 0.15) is 22.3 Å². The normalized spacial score (nSPS) is 12.5. The summed E-state index contributed by atoms with van der Waals surface area (Å²) in [6.07, 6.45) is -20.9. The predicted molar refractivity (Wildman–Crippen MR) is 247 cm³/mol. The number of hydrogen-bond donors (Lipinski definition) is 0. The molecule has 4 nitrogen and oxygen atoms in total. The van der Waals surface area contributed by atoms with E-state index in [4.69, 9.17) is 15.0 Å². The lowest BCUT2D eigenvalue weighted by atomic mass is 9.96. The summed E-state index contributed by atoms with van der Waals surface area (Å²) in [5.41, 5.74) is -6.73. The average Bonchev–Trinajstić information content (AvgIpc) is 3.68. The minimum atomic E-state index is -5.23. The first kappa shape index (κ1) is 48.2. The molecule has 0 amide bonds. The molecule has 0 radical (unpaired) electrons. The van der Waals surface area contributed by atoms with Crippen molar-refractivity contribution >= 4 is 21.8 Å². The number of hydrogen-bond acceptors (Lipinski definition) is 3. The second-order valence-corrected chi connectivity index (χ2v) is 16.8. The Bertz CT molecular complexity index is 3490. The Balaban J connectivity index is 1.30. The lowest BCUT2D eigenvalue weighted by molar-refractivity contribution is -0.144. The van der Waals surface area contributed by atoms with Gasteiger partial charge in [0.05, 0.1) is 44.5 Å². The fourth-order valence-corrected chi connectivity index (χ4v) is 8.65. The monoisotopic (exact) mass is 1010 g/mol. The smallest absolute Gasteiger partial charge is 0.308 e. The van der Waals surface area contributed by atoms with Gasteiger partial charge in [-0.1, -0.05) is 84.9 Å². The Morgan fingerprint density at radius 3 is 1.10 bits per heavy atom. The highest BCUT2D eigenvalue weighted by atomic mass is 19.4. The number of aromatic nitrogens is 4. The number of nitrogens with zero attached hydrogens (tertiary/aromatic N) is 4. The zero-order chi connectivity index (χ0) is 51.8. The van der Waals surface area contributed by atoms with Crippen LogP contribution in [0, 0.1) is 11.6 Å². The maximum atomic E-state index is 15.6. The van der Waals surface area contributed by atoms with Crippen LogP contribution < -0.4 is 0 Å². The van der Waals surface area contributed by atoms with Gasteiger partial charge in [-0.25, -0.2) is 23.7 Å². The van der Waals surface area contributed by atoms with Gasteiger partial charge in [-0.15, -0.1) is 0 Å². The van der Waals surface area contributed by atoms with E-state index in [2.05, 4.69) is 0 Å². The minimum absolute atomic E-state index is 0.00217. The van der Waals surface area contributed by atoms with Gasteiger partial charge in [-0.2, -0.15) is 52.7 Å². The summed E-state index contributed by atoms with van der Waals surface area (Å²) >= 11 is 0. The quantitative estimate of drug-likeness (QED) is 0.149. The summed E-state index contributed by atoms with van der Waals surface area (Å²) in [4.78, 5) is 14.4. The zero-order valence-corrected chi connectivity index (χ0v) is 36.7. The summed E-state index contributed by atoms with van der Waals surface area (Å²) in [5, 5.41) is 0.119. The highest BCUT2D eigenvalue weighted by Crippen LogP contribution is 2.45. The second-order valence-electron chi connectivity index (χ2n) is 16.8. The third-order valence-corrected chi connectivity index (χ3v) is 12.0. The number of alkyl halides is 12. The van der Waals surface area contributed by atoms with Crippen molar-refractivity contribution in [2.75, 3.05) is 0 Å². The van der Waals surface area contributed by atoms with Crippen LogP contribution in [0.5, 0.6) is 0 Å². The van der Waals surface area contributed by atoms with Crippen LogP contribution in [0.15, 0.2) is 170 Å². The zero-order valence-electron chi connectivity index (χ0n) is 36.7. The van der Waals surface area contributed by atoms with Gasteiger partial charge in [0, 0.05) is 27.5 Å². The summed E-state index contributed by atoms with van der Waals surface area (Å²) in [7, 11) is 0. The van der Waals surface area contributed by atoms with E-state index >= 15 is 8.78 Å². The highest BCUT2D eigenvalue weighted by Gasteiger charge is 2.39. The molecule has 2 heterocycles. The highest BCUT2D eigenvalue weighted by molar-refractivity contribution is 6.12. The van der Waals surface area contributed by atoms with Crippen molar-refractivity contribution in [2.24, 2.45) is 0 Å². The third-order valence-electron chi connectivity index (χ3n) is 12.0. The van der Waals surface area contributed by atoms with Gasteiger partial charge in [0.25, 0.3) is 0 Å². The van der Waals surface area contributed by atoms with Gasteiger partial charge in [0.2, 0.25) is 0 Å². The summed E-state index contributed by atoms with van der Waals surface area (Å²) in [6.45, 7) is 0. The molecule has 2 aromatic heterocycles. The minimum Gasteiger partial charge on any atom is -0.308 e. The number of fused-ring (bicyclic) bond motifs is 3. The van der Waals surface area contributed by atoms with Gasteiger partial charge in [-0.3, -0.25) is 0 Å². The van der Waals surface area contributed by atoms with Crippen LogP contribution in [0.25, 0.3) is 95.0 Å². The number of benzene rings is 8. The summed E-state index contributed by atoms with van der Waals surface area (Å²) in [6, 6.07) is 34.5. The van der Waals surface area contributed by atoms with Crippen molar-refractivity contribution in [3.05, 3.63) is 204 Å². The van der Waals surface area contributed by atoms with E-state index < -0.39 is 75.3 Å². The molecule has 0 saturated heterocycles. The van der Waals surface area contributed by atoms with Gasteiger partial charge < -0.3 is 4.57 Å². The van der Waals surface area contributed by atoms with E-state index in [1.54, 1.807) is 65.2 Å². The first-order valence-electron chi connectivity index (χ1n) is 21.7. The SMILES string of the molecule is Fc1cccc(F)c1-c1ccc(-n2c3ccc(-c4cc(C(F)(F)F)cc(C(F)(F)F)c4)cc3c3cc(-c4cc(C(F)(F)F)cc(C(F)(F)F)c4)ccc32)c(-c2nc(-c3ccccc3)nc(-c3ccccc3)n2)c1. The molecule has 10 aromatic rings. The standard InChI is InChI=1S/C55H28F14N4/c56-43-12-7-13-44(57)48(43)33-16-19-47(42(26-33)51-71-49(29-8-3-1-4-9-29)70-50(72-51)30-10-5-2-6-11-30)73-45-17-14-31(34-20-36(52(58,59)60)27-37(21-34)53(61,62)63)24-40(45)41-25-32(15-18-46(41)73)35-22-38(54(64,65)66)28-39(23-35)55(67,68)69/h1-28H. The third kappa shape index (κ3) is 9.35. The van der Waals surface area contributed by atoms with E-state index in [1.165, 1.54) is 60.7 Å². The first-order valence-corrected chi connectivity index (χ1v) is 21.7. The molecule has 0 unspecified atom stereocenters. The molecule has 0 aliphatic carbocycles. The molecule has 0 spiro atoms. The van der Waals surface area contributed by atoms with Crippen LogP contribution in [0.2, 0.25) is 0 Å². The maximum absolute atomic E-state index is 15.6. The Kier molecular flexibility index (Phi) is 11.7. The lowest BCUT2D eigenvalue weighted by Crippen LogP contribution is -2.11. The van der Waals surface area contributed by atoms with E-state index in [0.29, 0.717) is 35.4 Å². The largest absolute Gasteiger partial charge is 0.416 e. The Morgan fingerprint density at radius 1 is 0.315 bits per heavy atom. The Labute approximate surface area is 403 Å². The number of rotatable bonds is 7. The lowest BCUT2D eigenvalue weighted by Gasteiger charge is -2.17. The van der Waals surface area contributed by atoms with Gasteiger partial charge in [-0.05, 0) is 113 Å². The molecule has 0 bridgehead atoms. The van der Waals surface area contributed by atoms with Crippen LogP contribution in [-0.2, 0) is 24.7 Å². The molecular weight excluding hydrogens is 983 g/mol. The molecule has 18 heteroatoms. The van der Waals surface area contributed by atoms with Crippen LogP contribution in [0.4, 0.5) is 61.5 Å². The van der Waals surface area contributed by atoms with Crippen molar-refractivity contribution in [3.63, 3.8) is 0 Å². The molecule has 0 fully saturated rings. The molecule has 0 saturated carbocycles. The van der Waals surface area contributed by atoms with E-state index in [-0.39, 0.29) is 79.4 Å². The number of halogens is 14. The van der Waals surface area contributed by atoms with E-state index in [0.717, 1.165) is 12.1 Å². The van der Waals surface area contributed by atoms with E-state index in [9.17, 15) is 52.7 Å². The van der Waals surface area contributed by atoms with Gasteiger partial charge in [0.15, 0.2) is 17.5 Å². The van der Waals surface area contributed by atoms with E-state index in [1.807, 2.05) is 0 Å². The molecule has 73 heavy (non-hydrogen) atoms. The molecule has 0 atom stereocenters. The fourth-order valence-electron chi connectivity index (χ4n) is 8.65. The van der Waals surface area contributed by atoms with Crippen LogP contribution >= 0.6 is 0 Å². The first-order chi connectivity index (χ1) is 34.5. The summed E-state index contributed by atoms with van der Waals surface area (Å²) in [5.74, 6) is -1.61. The molecule has 0 aliphatic heterocycles. The molecule has 0 aliphatic rings. The molecule has 8 aromatic carbocycles. The van der Waals surface area contributed by atoms with Crippen molar-refractivity contribution in [1.82, 2.24) is 19.5 Å². The average molecular weight is 1010 g/mol. The van der Waals surface area contributed by atoms with Crippen molar-refractivity contribution in [1.29, 1.82) is 0 Å². The molecule has 10 rings (SSSR count). The van der Waals surface area contributed by atoms with Gasteiger partial charge in [0.1, 0.15) is 11.6 Å². The molecule has 0 N–H and O–H groups in total.